The van der Waals surface area contributed by atoms with Crippen molar-refractivity contribution in [3.05, 3.63) is 20.8 Å². The van der Waals surface area contributed by atoms with E-state index in [2.05, 4.69) is 0 Å². The van der Waals surface area contributed by atoms with Crippen molar-refractivity contribution in [2.75, 3.05) is 27.2 Å². The number of aryl methyl sites for hydroxylation is 2. The lowest BCUT2D eigenvalue weighted by atomic mass is 9.97. The second-order valence-electron chi connectivity index (χ2n) is 7.99. The highest BCUT2D eigenvalue weighted by Gasteiger charge is 2.30. The lowest BCUT2D eigenvalue weighted by Crippen LogP contribution is -2.38. The number of amides is 1. The zero-order valence-electron chi connectivity index (χ0n) is 17.8. The summed E-state index contributed by atoms with van der Waals surface area (Å²) in [5.41, 5.74) is 0.978. The predicted molar refractivity (Wildman–Crippen MR) is 118 cm³/mol. The Labute approximate surface area is 187 Å². The van der Waals surface area contributed by atoms with Gasteiger partial charge in [0.1, 0.15) is 11.4 Å². The number of thiophene rings is 1. The van der Waals surface area contributed by atoms with Gasteiger partial charge in [-0.2, -0.15) is 13.2 Å². The van der Waals surface area contributed by atoms with Crippen LogP contribution in [0.1, 0.15) is 36.6 Å². The third-order valence-electron chi connectivity index (χ3n) is 5.14. The van der Waals surface area contributed by atoms with E-state index in [1.165, 1.54) is 23.1 Å². The molecule has 0 spiro atoms. The highest BCUT2D eigenvalue weighted by Crippen LogP contribution is 2.35. The molecule has 0 radical (unpaired) electrons. The van der Waals surface area contributed by atoms with Gasteiger partial charge in [0, 0.05) is 11.4 Å². The quantitative estimate of drug-likeness (QED) is 0.467. The average molecular weight is 477 g/mol. The molecule has 0 fully saturated rings. The summed E-state index contributed by atoms with van der Waals surface area (Å²) in [7, 11) is 3.89. The van der Waals surface area contributed by atoms with Gasteiger partial charge in [0.2, 0.25) is 5.91 Å². The van der Waals surface area contributed by atoms with Crippen LogP contribution in [0.25, 0.3) is 10.2 Å². The van der Waals surface area contributed by atoms with Crippen LogP contribution >= 0.6 is 23.1 Å². The van der Waals surface area contributed by atoms with Crippen LogP contribution in [-0.2, 0) is 24.2 Å². The van der Waals surface area contributed by atoms with E-state index in [9.17, 15) is 22.8 Å². The van der Waals surface area contributed by atoms with Crippen molar-refractivity contribution >= 4 is 39.2 Å². The third-order valence-corrected chi connectivity index (χ3v) is 7.42. The Morgan fingerprint density at radius 1 is 1.32 bits per heavy atom. The Balaban J connectivity index is 1.92. The van der Waals surface area contributed by atoms with E-state index in [1.54, 1.807) is 4.57 Å². The maximum Gasteiger partial charge on any atom is 0.405 e. The molecule has 31 heavy (non-hydrogen) atoms. The molecule has 2 heterocycles. The molecule has 0 bridgehead atoms. The molecule has 0 aromatic carbocycles. The van der Waals surface area contributed by atoms with Crippen molar-refractivity contribution in [1.29, 1.82) is 0 Å². The normalized spacial score (nSPS) is 15.3. The van der Waals surface area contributed by atoms with E-state index in [-0.39, 0.29) is 5.56 Å². The molecule has 11 heteroatoms. The lowest BCUT2D eigenvalue weighted by molar-refractivity contribution is -0.137. The highest BCUT2D eigenvalue weighted by atomic mass is 32.2. The van der Waals surface area contributed by atoms with Crippen molar-refractivity contribution in [2.24, 2.45) is 0 Å². The summed E-state index contributed by atoms with van der Waals surface area (Å²) in [5.74, 6) is -0.734. The first kappa shape index (κ1) is 24.1. The van der Waals surface area contributed by atoms with Gasteiger partial charge < -0.3 is 10.2 Å². The largest absolute Gasteiger partial charge is 0.405 e. The summed E-state index contributed by atoms with van der Waals surface area (Å²) in [6.45, 7) is 1.36. The van der Waals surface area contributed by atoms with Crippen LogP contribution in [0.5, 0.6) is 0 Å². The standard InChI is InChI=1S/C20H27F3N4O2S2/c1-12(16(28)24-11-20(21,22)23)30-19-25-17-15(13-7-4-5-8-14(13)31-17)18(29)27(19)10-6-9-26(2)3/h12H,4-11H2,1-3H3,(H,24,28). The van der Waals surface area contributed by atoms with Crippen molar-refractivity contribution < 1.29 is 18.0 Å². The van der Waals surface area contributed by atoms with E-state index < -0.39 is 23.9 Å². The summed E-state index contributed by atoms with van der Waals surface area (Å²) >= 11 is 2.55. The lowest BCUT2D eigenvalue weighted by Gasteiger charge is -2.17. The predicted octanol–water partition coefficient (Wildman–Crippen LogP) is 3.45. The molecule has 3 rings (SSSR count). The van der Waals surface area contributed by atoms with Crippen molar-refractivity contribution in [3.8, 4) is 0 Å². The number of fused-ring (bicyclic) bond motifs is 3. The van der Waals surface area contributed by atoms with Gasteiger partial charge in [-0.3, -0.25) is 14.2 Å². The van der Waals surface area contributed by atoms with Crippen molar-refractivity contribution in [3.63, 3.8) is 0 Å². The molecule has 1 unspecified atom stereocenters. The Bertz CT molecular complexity index is 1000. The molecule has 1 aliphatic rings. The van der Waals surface area contributed by atoms with Gasteiger partial charge in [0.05, 0.1) is 10.6 Å². The van der Waals surface area contributed by atoms with Gasteiger partial charge in [0.15, 0.2) is 5.16 Å². The van der Waals surface area contributed by atoms with E-state index in [0.29, 0.717) is 28.3 Å². The Morgan fingerprint density at radius 3 is 2.71 bits per heavy atom. The van der Waals surface area contributed by atoms with E-state index >= 15 is 0 Å². The van der Waals surface area contributed by atoms with Crippen LogP contribution in [0.2, 0.25) is 0 Å². The Morgan fingerprint density at radius 2 is 2.03 bits per heavy atom. The van der Waals surface area contributed by atoms with Gasteiger partial charge in [0.25, 0.3) is 5.56 Å². The number of thioether (sulfide) groups is 1. The molecule has 0 saturated heterocycles. The molecule has 1 atom stereocenters. The van der Waals surface area contributed by atoms with Crippen molar-refractivity contribution in [1.82, 2.24) is 19.8 Å². The number of halogens is 3. The molecule has 2 aromatic rings. The summed E-state index contributed by atoms with van der Waals surface area (Å²) in [4.78, 5) is 34.2. The minimum Gasteiger partial charge on any atom is -0.346 e. The van der Waals surface area contributed by atoms with E-state index in [0.717, 1.165) is 49.6 Å². The van der Waals surface area contributed by atoms with Crippen LogP contribution in [0.4, 0.5) is 13.2 Å². The van der Waals surface area contributed by atoms with Gasteiger partial charge in [-0.1, -0.05) is 11.8 Å². The third kappa shape index (κ3) is 6.01. The molecule has 1 aliphatic carbocycles. The smallest absolute Gasteiger partial charge is 0.346 e. The van der Waals surface area contributed by atoms with E-state index in [1.807, 2.05) is 24.3 Å². The van der Waals surface area contributed by atoms with Crippen molar-refractivity contribution in [2.45, 2.75) is 62.2 Å². The van der Waals surface area contributed by atoms with Crippen LogP contribution in [-0.4, -0.2) is 59.0 Å². The second kappa shape index (κ2) is 9.91. The molecular weight excluding hydrogens is 449 g/mol. The number of rotatable bonds is 8. The molecule has 1 N–H and O–H groups in total. The number of carbonyl (C=O) groups excluding carboxylic acids is 1. The number of hydrogen-bond donors (Lipinski definition) is 1. The molecule has 0 saturated carbocycles. The zero-order chi connectivity index (χ0) is 22.8. The number of hydrogen-bond acceptors (Lipinski definition) is 6. The SMILES string of the molecule is CC(Sc1nc2sc3c(c2c(=O)n1CCCN(C)C)CCCC3)C(=O)NCC(F)(F)F. The number of nitrogens with one attached hydrogen (secondary N) is 1. The second-order valence-corrected chi connectivity index (χ2v) is 10.4. The molecule has 172 valence electrons. The topological polar surface area (TPSA) is 67.2 Å². The maximum atomic E-state index is 13.4. The number of nitrogens with zero attached hydrogens (tertiary/aromatic N) is 3. The summed E-state index contributed by atoms with van der Waals surface area (Å²) < 4.78 is 38.9. The van der Waals surface area contributed by atoms with Crippen LogP contribution < -0.4 is 10.9 Å². The van der Waals surface area contributed by atoms with Crippen LogP contribution in [0, 0.1) is 0 Å². The zero-order valence-corrected chi connectivity index (χ0v) is 19.5. The van der Waals surface area contributed by atoms with Gasteiger partial charge in [-0.25, -0.2) is 4.98 Å². The first-order valence-electron chi connectivity index (χ1n) is 10.3. The summed E-state index contributed by atoms with van der Waals surface area (Å²) in [6, 6.07) is 0. The van der Waals surface area contributed by atoms with Crippen LogP contribution in [0.3, 0.4) is 0 Å². The highest BCUT2D eigenvalue weighted by molar-refractivity contribution is 8.00. The Hall–Kier alpha value is -1.59. The molecule has 0 aliphatic heterocycles. The van der Waals surface area contributed by atoms with E-state index in [4.69, 9.17) is 4.98 Å². The average Bonchev–Trinajstić information content (AvgIpc) is 3.05. The fraction of sp³-hybridized carbons (Fsp3) is 0.650. The molecule has 6 nitrogen and oxygen atoms in total. The molecule has 1 amide bonds. The Kier molecular flexibility index (Phi) is 7.69. The fourth-order valence-electron chi connectivity index (χ4n) is 3.59. The first-order chi connectivity index (χ1) is 14.6. The maximum absolute atomic E-state index is 13.4. The molecule has 2 aromatic heterocycles. The minimum absolute atomic E-state index is 0.117. The van der Waals surface area contributed by atoms with Crippen LogP contribution in [0.15, 0.2) is 9.95 Å². The minimum atomic E-state index is -4.47. The summed E-state index contributed by atoms with van der Waals surface area (Å²) in [6.07, 6.45) is 0.193. The number of carbonyl (C=O) groups is 1. The van der Waals surface area contributed by atoms with Gasteiger partial charge >= 0.3 is 6.18 Å². The molecular formula is C20H27F3N4O2S2. The summed E-state index contributed by atoms with van der Waals surface area (Å²) in [5, 5.41) is 2.14. The monoisotopic (exact) mass is 476 g/mol. The number of aromatic nitrogens is 2. The first-order valence-corrected chi connectivity index (χ1v) is 12.0. The van der Waals surface area contributed by atoms with Gasteiger partial charge in [-0.05, 0) is 65.2 Å². The van der Waals surface area contributed by atoms with Gasteiger partial charge in [-0.15, -0.1) is 11.3 Å². The fourth-order valence-corrected chi connectivity index (χ4v) is 5.86. The number of alkyl halides is 3.